The lowest BCUT2D eigenvalue weighted by molar-refractivity contribution is -0.116. The van der Waals surface area contributed by atoms with E-state index in [1.807, 2.05) is 84.9 Å². The van der Waals surface area contributed by atoms with Gasteiger partial charge in [0.05, 0.1) is 5.56 Å². The second-order valence-corrected chi connectivity index (χ2v) is 15.1. The van der Waals surface area contributed by atoms with Crippen molar-refractivity contribution in [3.05, 3.63) is 190 Å². The lowest BCUT2D eigenvalue weighted by Crippen LogP contribution is -2.30. The highest BCUT2D eigenvalue weighted by atomic mass is 32.2. The number of hydrogen-bond acceptors (Lipinski definition) is 6. The van der Waals surface area contributed by atoms with Crippen LogP contribution in [-0.2, 0) is 22.4 Å². The number of hydrogen-bond donors (Lipinski definition) is 3. The Balaban J connectivity index is 1.10. The van der Waals surface area contributed by atoms with Crippen LogP contribution in [0.2, 0.25) is 0 Å². The number of nitrogens with one attached hydrogen (secondary N) is 3. The lowest BCUT2D eigenvalue weighted by Gasteiger charge is -2.22. The Morgan fingerprint density at radius 3 is 2.17 bits per heavy atom. The second kappa shape index (κ2) is 17.1. The number of amides is 3. The highest BCUT2D eigenvalue weighted by Gasteiger charge is 2.29. The largest absolute Gasteiger partial charge is 0.321 e. The molecular formula is C45H36N4O3S2. The Labute approximate surface area is 322 Å². The molecule has 2 atom stereocenters. The molecule has 3 N–H and O–H groups in total. The van der Waals surface area contributed by atoms with Crippen LogP contribution in [0, 0.1) is 11.3 Å². The molecule has 7 nitrogen and oxygen atoms in total. The minimum atomic E-state index is -0.654. The first-order valence-electron chi connectivity index (χ1n) is 17.6. The van der Waals surface area contributed by atoms with Gasteiger partial charge in [0.2, 0.25) is 5.91 Å². The number of fused-ring (bicyclic) bond motifs is 1. The molecule has 0 saturated heterocycles. The van der Waals surface area contributed by atoms with Crippen molar-refractivity contribution in [2.45, 2.75) is 35.3 Å². The second-order valence-electron chi connectivity index (χ2n) is 12.8. The summed E-state index contributed by atoms with van der Waals surface area (Å²) >= 11 is 2.85. The predicted octanol–water partition coefficient (Wildman–Crippen LogP) is 9.77. The Morgan fingerprint density at radius 2 is 1.46 bits per heavy atom. The summed E-state index contributed by atoms with van der Waals surface area (Å²) in [6, 6.07) is 47.6. The molecule has 2 unspecified atom stereocenters. The highest BCUT2D eigenvalue weighted by Crippen LogP contribution is 2.44. The van der Waals surface area contributed by atoms with Crippen LogP contribution in [-0.4, -0.2) is 17.7 Å². The van der Waals surface area contributed by atoms with E-state index in [1.165, 1.54) is 28.7 Å². The van der Waals surface area contributed by atoms with Gasteiger partial charge in [-0.2, -0.15) is 5.26 Å². The number of thiophene rings is 1. The number of carbonyl (C=O) groups is 3. The third-order valence-electron chi connectivity index (χ3n) is 9.21. The van der Waals surface area contributed by atoms with E-state index >= 15 is 0 Å². The molecule has 0 bridgehead atoms. The monoisotopic (exact) mass is 744 g/mol. The molecule has 0 saturated carbocycles. The summed E-state index contributed by atoms with van der Waals surface area (Å²) in [5.74, 6) is -0.774. The van der Waals surface area contributed by atoms with E-state index in [4.69, 9.17) is 0 Å². The molecule has 0 aliphatic heterocycles. The molecule has 3 amide bonds. The van der Waals surface area contributed by atoms with Gasteiger partial charge in [0.25, 0.3) is 11.8 Å². The fraction of sp³-hybridized carbons (Fsp3) is 0.111. The first-order valence-corrected chi connectivity index (χ1v) is 19.3. The van der Waals surface area contributed by atoms with Gasteiger partial charge >= 0.3 is 0 Å². The van der Waals surface area contributed by atoms with Crippen molar-refractivity contribution in [2.24, 2.45) is 0 Å². The smallest absolute Gasteiger partial charge is 0.272 e. The van der Waals surface area contributed by atoms with Crippen molar-refractivity contribution in [1.82, 2.24) is 5.32 Å². The average molecular weight is 745 g/mol. The molecule has 0 fully saturated rings. The van der Waals surface area contributed by atoms with Gasteiger partial charge in [0.15, 0.2) is 0 Å². The molecule has 0 spiro atoms. The van der Waals surface area contributed by atoms with Crippen molar-refractivity contribution >= 4 is 57.6 Å². The minimum absolute atomic E-state index is 0.0803. The lowest BCUT2D eigenvalue weighted by atomic mass is 9.83. The molecule has 9 heteroatoms. The number of rotatable bonds is 11. The maximum absolute atomic E-state index is 14.2. The van der Waals surface area contributed by atoms with E-state index < -0.39 is 17.1 Å². The fourth-order valence-corrected chi connectivity index (χ4v) is 8.88. The fourth-order valence-electron chi connectivity index (χ4n) is 6.52. The summed E-state index contributed by atoms with van der Waals surface area (Å²) < 4.78 is 0. The van der Waals surface area contributed by atoms with Crippen molar-refractivity contribution in [3.8, 4) is 6.07 Å². The standard InChI is InChI=1S/C45H36N4O3S2/c46-29-38-37-25-24-34(31-16-7-2-8-17-31)27-40(37)54-45(38)49-44(52)41(32-18-9-3-10-19-32)53-36-23-13-22-35(28-36)47-43(51)39(26-30-14-5-1-6-15-30)48-42(50)33-20-11-4-12-21-33/h1-23,26,28,34,41H,24-25,27H2,(H,47,51)(H,48,50)(H,49,52)/b39-26-. The van der Waals surface area contributed by atoms with Gasteiger partial charge < -0.3 is 16.0 Å². The highest BCUT2D eigenvalue weighted by molar-refractivity contribution is 8.00. The van der Waals surface area contributed by atoms with Crippen LogP contribution in [0.15, 0.2) is 156 Å². The first-order chi connectivity index (χ1) is 26.4. The zero-order chi connectivity index (χ0) is 37.3. The number of thioether (sulfide) groups is 1. The maximum atomic E-state index is 14.2. The molecule has 1 aliphatic rings. The van der Waals surface area contributed by atoms with Gasteiger partial charge in [-0.3, -0.25) is 14.4 Å². The van der Waals surface area contributed by atoms with Crippen molar-refractivity contribution < 1.29 is 14.4 Å². The topological polar surface area (TPSA) is 111 Å². The summed E-state index contributed by atoms with van der Waals surface area (Å²) in [4.78, 5) is 42.9. The Kier molecular flexibility index (Phi) is 11.4. The van der Waals surface area contributed by atoms with Gasteiger partial charge in [-0.1, -0.05) is 115 Å². The van der Waals surface area contributed by atoms with Gasteiger partial charge in [-0.15, -0.1) is 23.1 Å². The molecule has 54 heavy (non-hydrogen) atoms. The normalized spacial score (nSPS) is 14.2. The Hall–Kier alpha value is -6.21. The summed E-state index contributed by atoms with van der Waals surface area (Å²) in [5, 5.41) is 19.0. The predicted molar refractivity (Wildman–Crippen MR) is 217 cm³/mol. The Bertz CT molecular complexity index is 2340. The van der Waals surface area contributed by atoms with E-state index in [0.717, 1.165) is 45.7 Å². The van der Waals surface area contributed by atoms with E-state index in [1.54, 1.807) is 42.5 Å². The third kappa shape index (κ3) is 8.69. The molecule has 1 heterocycles. The third-order valence-corrected chi connectivity index (χ3v) is 11.6. The van der Waals surface area contributed by atoms with E-state index in [2.05, 4.69) is 46.3 Å². The van der Waals surface area contributed by atoms with Crippen molar-refractivity contribution in [2.75, 3.05) is 10.6 Å². The van der Waals surface area contributed by atoms with Crippen molar-refractivity contribution in [3.63, 3.8) is 0 Å². The summed E-state index contributed by atoms with van der Waals surface area (Å²) in [7, 11) is 0. The molecule has 1 aromatic heterocycles. The van der Waals surface area contributed by atoms with Gasteiger partial charge in [0.1, 0.15) is 22.0 Å². The molecule has 5 aromatic carbocycles. The van der Waals surface area contributed by atoms with Crippen molar-refractivity contribution in [1.29, 1.82) is 5.26 Å². The summed E-state index contributed by atoms with van der Waals surface area (Å²) in [5.41, 5.74) is 5.43. The van der Waals surface area contributed by atoms with Crippen LogP contribution in [0.5, 0.6) is 0 Å². The van der Waals surface area contributed by atoms with Crippen LogP contribution in [0.25, 0.3) is 6.08 Å². The molecule has 0 radical (unpaired) electrons. The number of carbonyl (C=O) groups excluding carboxylic acids is 3. The number of anilines is 2. The molecule has 266 valence electrons. The zero-order valence-electron chi connectivity index (χ0n) is 29.2. The van der Waals surface area contributed by atoms with Crippen LogP contribution >= 0.6 is 23.1 Å². The first kappa shape index (κ1) is 36.2. The molecular weight excluding hydrogens is 709 g/mol. The van der Waals surface area contributed by atoms with E-state index in [-0.39, 0.29) is 11.6 Å². The van der Waals surface area contributed by atoms with Gasteiger partial charge in [-0.25, -0.2) is 0 Å². The van der Waals surface area contributed by atoms with Gasteiger partial charge in [0, 0.05) is 21.0 Å². The number of nitrogens with zero attached hydrogens (tertiary/aromatic N) is 1. The molecule has 1 aliphatic carbocycles. The van der Waals surface area contributed by atoms with Crippen LogP contribution in [0.4, 0.5) is 10.7 Å². The summed E-state index contributed by atoms with van der Waals surface area (Å²) in [6.07, 6.45) is 4.21. The SMILES string of the molecule is N#Cc1c(NC(=O)C(Sc2cccc(NC(=O)/C(=C/c3ccccc3)NC(=O)c3ccccc3)c2)c2ccccc2)sc2c1CCC(c1ccccc1)C2. The van der Waals surface area contributed by atoms with Gasteiger partial charge in [-0.05, 0) is 83.8 Å². The molecule has 7 rings (SSSR count). The number of benzene rings is 5. The number of nitriles is 1. The maximum Gasteiger partial charge on any atom is 0.272 e. The van der Waals surface area contributed by atoms with Crippen LogP contribution in [0.3, 0.4) is 0 Å². The molecule has 6 aromatic rings. The average Bonchev–Trinajstić information content (AvgIpc) is 3.57. The van der Waals surface area contributed by atoms with E-state index in [9.17, 15) is 19.6 Å². The summed E-state index contributed by atoms with van der Waals surface area (Å²) in [6.45, 7) is 0. The Morgan fingerprint density at radius 1 is 0.796 bits per heavy atom. The van der Waals surface area contributed by atoms with Crippen LogP contribution < -0.4 is 16.0 Å². The van der Waals surface area contributed by atoms with Crippen LogP contribution in [0.1, 0.15) is 60.6 Å². The quantitative estimate of drug-likeness (QED) is 0.0904. The zero-order valence-corrected chi connectivity index (χ0v) is 30.8. The minimum Gasteiger partial charge on any atom is -0.321 e. The van der Waals surface area contributed by atoms with E-state index in [0.29, 0.717) is 27.7 Å².